The van der Waals surface area contributed by atoms with Gasteiger partial charge >= 0.3 is 6.09 Å². The quantitative estimate of drug-likeness (QED) is 0.724. The molecule has 108 valence electrons. The molecule has 2 saturated heterocycles. The molecule has 0 aromatic heterocycles. The van der Waals surface area contributed by atoms with Crippen LogP contribution in [-0.4, -0.2) is 70.4 Å². The molecule has 2 aliphatic heterocycles. The fourth-order valence-electron chi connectivity index (χ4n) is 2.47. The first-order chi connectivity index (χ1) is 9.11. The van der Waals surface area contributed by atoms with E-state index in [-0.39, 0.29) is 6.09 Å². The summed E-state index contributed by atoms with van der Waals surface area (Å²) in [5.74, 6) is 0.966. The Morgan fingerprint density at radius 2 is 2.16 bits per heavy atom. The van der Waals surface area contributed by atoms with Gasteiger partial charge < -0.3 is 14.5 Å². The molecule has 0 radical (unpaired) electrons. The molecular weight excluding hydrogens is 282 g/mol. The van der Waals surface area contributed by atoms with Crippen molar-refractivity contribution in [3.8, 4) is 0 Å². The van der Waals surface area contributed by atoms with Crippen LogP contribution in [0.2, 0.25) is 0 Å². The lowest BCUT2D eigenvalue weighted by Crippen LogP contribution is -2.52. The Labute approximate surface area is 124 Å². The molecule has 0 unspecified atom stereocenters. The summed E-state index contributed by atoms with van der Waals surface area (Å²) in [4.78, 5) is 18.0. The molecule has 2 fully saturated rings. The highest BCUT2D eigenvalue weighted by Crippen LogP contribution is 2.24. The van der Waals surface area contributed by atoms with Gasteiger partial charge in [0.15, 0.2) is 0 Å². The van der Waals surface area contributed by atoms with E-state index in [4.69, 9.17) is 17.0 Å². The van der Waals surface area contributed by atoms with Crippen LogP contribution in [0.15, 0.2) is 0 Å². The van der Waals surface area contributed by atoms with Gasteiger partial charge in [0.1, 0.15) is 4.32 Å². The topological polar surface area (TPSA) is 36.0 Å². The first kappa shape index (κ1) is 14.9. The second-order valence-electron chi connectivity index (χ2n) is 4.88. The third-order valence-corrected chi connectivity index (χ3v) is 5.25. The summed E-state index contributed by atoms with van der Waals surface area (Å²) in [5, 5.41) is 0. The lowest BCUT2D eigenvalue weighted by molar-refractivity contribution is 0.0712. The van der Waals surface area contributed by atoms with Crippen molar-refractivity contribution < 1.29 is 9.53 Å². The van der Waals surface area contributed by atoms with Gasteiger partial charge in [-0.25, -0.2) is 4.79 Å². The van der Waals surface area contributed by atoms with Crippen LogP contribution in [0.5, 0.6) is 0 Å². The predicted molar refractivity (Wildman–Crippen MR) is 81.1 cm³/mol. The number of thioether (sulfide) groups is 1. The van der Waals surface area contributed by atoms with Crippen LogP contribution in [0, 0.1) is 0 Å². The van der Waals surface area contributed by atoms with Crippen molar-refractivity contribution in [3.05, 3.63) is 0 Å². The van der Waals surface area contributed by atoms with Gasteiger partial charge in [-0.3, -0.25) is 4.90 Å². The number of hydrogen-bond donors (Lipinski definition) is 0. The number of hydrogen-bond acceptors (Lipinski definition) is 5. The molecule has 2 rings (SSSR count). The molecular formula is C12H21N3O2S2. The zero-order chi connectivity index (χ0) is 13.8. The lowest BCUT2D eigenvalue weighted by atomic mass is 10.0. The molecule has 0 aromatic rings. The summed E-state index contributed by atoms with van der Waals surface area (Å²) in [6.07, 6.45) is 1.85. The molecule has 19 heavy (non-hydrogen) atoms. The van der Waals surface area contributed by atoms with Crippen molar-refractivity contribution >= 4 is 34.4 Å². The zero-order valence-corrected chi connectivity index (χ0v) is 13.1. The highest BCUT2D eigenvalue weighted by molar-refractivity contribution is 8.22. The fourth-order valence-corrected chi connectivity index (χ4v) is 3.53. The molecule has 2 heterocycles. The van der Waals surface area contributed by atoms with Crippen LogP contribution >= 0.6 is 24.0 Å². The molecule has 7 heteroatoms. The molecule has 1 amide bonds. The summed E-state index contributed by atoms with van der Waals surface area (Å²) in [6, 6.07) is 0.545. The minimum absolute atomic E-state index is 0.174. The van der Waals surface area contributed by atoms with Crippen LogP contribution < -0.4 is 0 Å². The van der Waals surface area contributed by atoms with Gasteiger partial charge in [-0.1, -0.05) is 24.0 Å². The first-order valence-corrected chi connectivity index (χ1v) is 8.05. The first-order valence-electron chi connectivity index (χ1n) is 6.65. The number of nitrogens with zero attached hydrogens (tertiary/aromatic N) is 3. The molecule has 0 aliphatic carbocycles. The summed E-state index contributed by atoms with van der Waals surface area (Å²) in [7, 11) is 2.04. The Kier molecular flexibility index (Phi) is 5.29. The predicted octanol–water partition coefficient (Wildman–Crippen LogP) is 1.79. The fraction of sp³-hybridized carbons (Fsp3) is 0.833. The summed E-state index contributed by atoms with van der Waals surface area (Å²) in [6.45, 7) is 4.77. The maximum Gasteiger partial charge on any atom is 0.409 e. The number of likely N-dealkylation sites (tertiary alicyclic amines) is 1. The highest BCUT2D eigenvalue weighted by Gasteiger charge is 2.30. The number of thiocarbonyl (C=S) groups is 1. The van der Waals surface area contributed by atoms with Crippen molar-refractivity contribution in [2.75, 3.05) is 39.3 Å². The Bertz CT molecular complexity index is 346. The highest BCUT2D eigenvalue weighted by atomic mass is 32.2. The lowest BCUT2D eigenvalue weighted by Gasteiger charge is -2.42. The molecule has 0 aromatic carbocycles. The van der Waals surface area contributed by atoms with Gasteiger partial charge in [0.2, 0.25) is 0 Å². The second-order valence-corrected chi connectivity index (χ2v) is 6.46. The number of amides is 1. The summed E-state index contributed by atoms with van der Waals surface area (Å²) < 4.78 is 6.01. The smallest absolute Gasteiger partial charge is 0.409 e. The third kappa shape index (κ3) is 3.73. The third-order valence-electron chi connectivity index (χ3n) is 3.57. The van der Waals surface area contributed by atoms with Crippen molar-refractivity contribution in [2.24, 2.45) is 0 Å². The average Bonchev–Trinajstić information content (AvgIpc) is 2.42. The SMILES string of the molecule is CCOC(=O)N1CCC(N2CSC(=S)N(C)C2)CC1. The van der Waals surface area contributed by atoms with E-state index in [0.717, 1.165) is 42.8 Å². The van der Waals surface area contributed by atoms with Crippen LogP contribution in [0.3, 0.4) is 0 Å². The maximum absolute atomic E-state index is 11.6. The van der Waals surface area contributed by atoms with E-state index >= 15 is 0 Å². The van der Waals surface area contributed by atoms with E-state index in [1.807, 2.05) is 18.9 Å². The Morgan fingerprint density at radius 1 is 1.47 bits per heavy atom. The Morgan fingerprint density at radius 3 is 2.74 bits per heavy atom. The van der Waals surface area contributed by atoms with Crippen molar-refractivity contribution in [1.82, 2.24) is 14.7 Å². The number of carbonyl (C=O) groups excluding carboxylic acids is 1. The maximum atomic E-state index is 11.6. The largest absolute Gasteiger partial charge is 0.450 e. The second kappa shape index (κ2) is 6.76. The molecule has 0 N–H and O–H groups in total. The number of carbonyl (C=O) groups is 1. The monoisotopic (exact) mass is 303 g/mol. The molecule has 0 spiro atoms. The van der Waals surface area contributed by atoms with Gasteiger partial charge in [-0.15, -0.1) is 0 Å². The standard InChI is InChI=1S/C12H21N3O2S2/c1-3-17-11(16)14-6-4-10(5-7-14)15-8-13(2)12(18)19-9-15/h10H,3-9H2,1-2H3. The van der Waals surface area contributed by atoms with E-state index in [1.165, 1.54) is 0 Å². The number of rotatable bonds is 2. The number of piperidine rings is 1. The number of ether oxygens (including phenoxy) is 1. The van der Waals surface area contributed by atoms with Gasteiger partial charge in [0, 0.05) is 26.2 Å². The summed E-state index contributed by atoms with van der Waals surface area (Å²) >= 11 is 6.98. The van der Waals surface area contributed by atoms with Crippen LogP contribution in [-0.2, 0) is 4.74 Å². The molecule has 5 nitrogen and oxygen atoms in total. The minimum Gasteiger partial charge on any atom is -0.450 e. The van der Waals surface area contributed by atoms with Crippen molar-refractivity contribution in [2.45, 2.75) is 25.8 Å². The van der Waals surface area contributed by atoms with E-state index in [9.17, 15) is 4.79 Å². The van der Waals surface area contributed by atoms with E-state index in [1.54, 1.807) is 11.8 Å². The van der Waals surface area contributed by atoms with Gasteiger partial charge in [0.25, 0.3) is 0 Å². The minimum atomic E-state index is -0.174. The summed E-state index contributed by atoms with van der Waals surface area (Å²) in [5.41, 5.74) is 0. The van der Waals surface area contributed by atoms with E-state index in [2.05, 4.69) is 9.80 Å². The molecule has 0 saturated carbocycles. The normalized spacial score (nSPS) is 22.7. The van der Waals surface area contributed by atoms with E-state index in [0.29, 0.717) is 12.6 Å². The van der Waals surface area contributed by atoms with Crippen LogP contribution in [0.25, 0.3) is 0 Å². The van der Waals surface area contributed by atoms with Gasteiger partial charge in [-0.05, 0) is 19.8 Å². The average molecular weight is 303 g/mol. The van der Waals surface area contributed by atoms with Crippen molar-refractivity contribution in [1.29, 1.82) is 0 Å². The van der Waals surface area contributed by atoms with Crippen LogP contribution in [0.1, 0.15) is 19.8 Å². The van der Waals surface area contributed by atoms with Crippen LogP contribution in [0.4, 0.5) is 4.79 Å². The molecule has 0 atom stereocenters. The van der Waals surface area contributed by atoms with Crippen molar-refractivity contribution in [3.63, 3.8) is 0 Å². The van der Waals surface area contributed by atoms with Gasteiger partial charge in [0.05, 0.1) is 19.2 Å². The zero-order valence-electron chi connectivity index (χ0n) is 11.5. The molecule has 2 aliphatic rings. The Hall–Kier alpha value is -0.530. The molecule has 0 bridgehead atoms. The van der Waals surface area contributed by atoms with E-state index < -0.39 is 0 Å². The van der Waals surface area contributed by atoms with Gasteiger partial charge in [-0.2, -0.15) is 0 Å². The Balaban J connectivity index is 1.80.